The van der Waals surface area contributed by atoms with E-state index in [1.807, 2.05) is 78.9 Å². The maximum atomic E-state index is 12.1. The molecule has 0 unspecified atom stereocenters. The van der Waals surface area contributed by atoms with Gasteiger partial charge in [0.1, 0.15) is 5.75 Å². The Hall–Kier alpha value is -3.66. The number of para-hydroxylation sites is 2. The summed E-state index contributed by atoms with van der Waals surface area (Å²) in [6, 6.07) is 26.4. The van der Waals surface area contributed by atoms with Crippen molar-refractivity contribution in [1.82, 2.24) is 0 Å². The summed E-state index contributed by atoms with van der Waals surface area (Å²) in [5.41, 5.74) is 5.46. The standard InChI is InChI=1S/C22H18N2O2/c25-22(16-15-18-9-3-1-4-10-18)26-21-14-8-7-11-19(21)17-23-24-20-12-5-2-6-13-20/h1-17,24H/b16-15+,23-17+. The molecule has 0 saturated carbocycles. The maximum absolute atomic E-state index is 12.1. The number of carbonyl (C=O) groups is 1. The van der Waals surface area contributed by atoms with E-state index in [1.165, 1.54) is 6.08 Å². The fourth-order valence-corrected chi connectivity index (χ4v) is 2.24. The van der Waals surface area contributed by atoms with Gasteiger partial charge in [-0.2, -0.15) is 5.10 Å². The summed E-state index contributed by atoms with van der Waals surface area (Å²) in [6.07, 6.45) is 4.75. The van der Waals surface area contributed by atoms with Crippen LogP contribution in [0.2, 0.25) is 0 Å². The molecule has 0 aliphatic carbocycles. The largest absolute Gasteiger partial charge is 0.423 e. The molecule has 0 spiro atoms. The van der Waals surface area contributed by atoms with Crippen LogP contribution in [0.5, 0.6) is 5.75 Å². The molecule has 0 saturated heterocycles. The van der Waals surface area contributed by atoms with E-state index >= 15 is 0 Å². The number of benzene rings is 3. The third-order valence-corrected chi connectivity index (χ3v) is 3.51. The van der Waals surface area contributed by atoms with Crippen LogP contribution >= 0.6 is 0 Å². The van der Waals surface area contributed by atoms with Gasteiger partial charge in [0.05, 0.1) is 11.9 Å². The second-order valence-corrected chi connectivity index (χ2v) is 5.44. The number of hydrogen-bond donors (Lipinski definition) is 1. The fraction of sp³-hybridized carbons (Fsp3) is 0. The molecule has 128 valence electrons. The van der Waals surface area contributed by atoms with E-state index in [2.05, 4.69) is 10.5 Å². The number of carbonyl (C=O) groups excluding carboxylic acids is 1. The quantitative estimate of drug-likeness (QED) is 0.231. The van der Waals surface area contributed by atoms with E-state index in [-0.39, 0.29) is 0 Å². The Kier molecular flexibility index (Phi) is 5.94. The van der Waals surface area contributed by atoms with Gasteiger partial charge in [0.2, 0.25) is 0 Å². The van der Waals surface area contributed by atoms with Crippen LogP contribution in [0.25, 0.3) is 6.08 Å². The molecular formula is C22H18N2O2. The van der Waals surface area contributed by atoms with E-state index in [9.17, 15) is 4.79 Å². The highest BCUT2D eigenvalue weighted by atomic mass is 16.5. The average molecular weight is 342 g/mol. The molecule has 1 N–H and O–H groups in total. The van der Waals surface area contributed by atoms with Crippen molar-refractivity contribution in [3.05, 3.63) is 102 Å². The van der Waals surface area contributed by atoms with E-state index in [0.29, 0.717) is 11.3 Å². The van der Waals surface area contributed by atoms with Crippen molar-refractivity contribution < 1.29 is 9.53 Å². The first-order valence-corrected chi connectivity index (χ1v) is 8.19. The Morgan fingerprint density at radius 1 is 0.846 bits per heavy atom. The lowest BCUT2D eigenvalue weighted by Gasteiger charge is -2.05. The Labute approximate surface area is 152 Å². The molecule has 3 rings (SSSR count). The number of ether oxygens (including phenoxy) is 1. The second-order valence-electron chi connectivity index (χ2n) is 5.44. The molecule has 0 fully saturated rings. The normalized spacial score (nSPS) is 10.9. The molecule has 26 heavy (non-hydrogen) atoms. The smallest absolute Gasteiger partial charge is 0.336 e. The van der Waals surface area contributed by atoms with Gasteiger partial charge in [-0.3, -0.25) is 5.43 Å². The average Bonchev–Trinajstić information content (AvgIpc) is 2.69. The predicted octanol–water partition coefficient (Wildman–Crippen LogP) is 4.75. The summed E-state index contributed by atoms with van der Waals surface area (Å²) in [4.78, 5) is 12.1. The van der Waals surface area contributed by atoms with Gasteiger partial charge >= 0.3 is 5.97 Å². The zero-order valence-electron chi connectivity index (χ0n) is 14.1. The zero-order valence-corrected chi connectivity index (χ0v) is 14.1. The molecule has 0 atom stereocenters. The van der Waals surface area contributed by atoms with Crippen molar-refractivity contribution in [2.24, 2.45) is 5.10 Å². The Morgan fingerprint density at radius 3 is 2.27 bits per heavy atom. The van der Waals surface area contributed by atoms with Crippen molar-refractivity contribution in [2.45, 2.75) is 0 Å². The second kappa shape index (κ2) is 8.99. The number of anilines is 1. The summed E-state index contributed by atoms with van der Waals surface area (Å²) < 4.78 is 5.43. The van der Waals surface area contributed by atoms with E-state index in [4.69, 9.17) is 4.74 Å². The van der Waals surface area contributed by atoms with Gasteiger partial charge in [0.25, 0.3) is 0 Å². The lowest BCUT2D eigenvalue weighted by atomic mass is 10.2. The molecule has 0 bridgehead atoms. The van der Waals surface area contributed by atoms with Crippen molar-refractivity contribution in [3.8, 4) is 5.75 Å². The third-order valence-electron chi connectivity index (χ3n) is 3.51. The highest BCUT2D eigenvalue weighted by molar-refractivity contribution is 5.91. The summed E-state index contributed by atoms with van der Waals surface area (Å²) in [5.74, 6) is 0.0135. The number of esters is 1. The minimum Gasteiger partial charge on any atom is -0.423 e. The van der Waals surface area contributed by atoms with E-state index in [0.717, 1.165) is 11.3 Å². The van der Waals surface area contributed by atoms with Gasteiger partial charge < -0.3 is 4.74 Å². The lowest BCUT2D eigenvalue weighted by molar-refractivity contribution is -0.128. The van der Waals surface area contributed by atoms with Gasteiger partial charge in [-0.1, -0.05) is 60.7 Å². The number of nitrogens with zero attached hydrogens (tertiary/aromatic N) is 1. The first-order valence-electron chi connectivity index (χ1n) is 8.19. The first-order chi connectivity index (χ1) is 12.8. The minimum atomic E-state index is -0.439. The van der Waals surface area contributed by atoms with Gasteiger partial charge in [-0.05, 0) is 35.9 Å². The van der Waals surface area contributed by atoms with Crippen molar-refractivity contribution in [1.29, 1.82) is 0 Å². The Bertz CT molecular complexity index is 904. The van der Waals surface area contributed by atoms with Crippen LogP contribution in [0.15, 0.2) is 96.1 Å². The van der Waals surface area contributed by atoms with Crippen LogP contribution in [0.4, 0.5) is 5.69 Å². The maximum Gasteiger partial charge on any atom is 0.336 e. The van der Waals surface area contributed by atoms with Crippen LogP contribution in [0, 0.1) is 0 Å². The molecule has 0 heterocycles. The molecule has 0 aliphatic rings. The lowest BCUT2D eigenvalue weighted by Crippen LogP contribution is -2.05. The SMILES string of the molecule is O=C(/C=C/c1ccccc1)Oc1ccccc1/C=N/Nc1ccccc1. The third kappa shape index (κ3) is 5.18. The van der Waals surface area contributed by atoms with Crippen LogP contribution in [0.1, 0.15) is 11.1 Å². The minimum absolute atomic E-state index is 0.439. The Morgan fingerprint density at radius 2 is 1.50 bits per heavy atom. The topological polar surface area (TPSA) is 50.7 Å². The molecule has 0 aromatic heterocycles. The fourth-order valence-electron chi connectivity index (χ4n) is 2.24. The highest BCUT2D eigenvalue weighted by Crippen LogP contribution is 2.17. The van der Waals surface area contributed by atoms with E-state index in [1.54, 1.807) is 18.4 Å². The zero-order chi connectivity index (χ0) is 18.0. The first kappa shape index (κ1) is 17.2. The van der Waals surface area contributed by atoms with Crippen LogP contribution in [-0.4, -0.2) is 12.2 Å². The van der Waals surface area contributed by atoms with Crippen molar-refractivity contribution >= 4 is 23.9 Å². The Balaban J connectivity index is 1.65. The van der Waals surface area contributed by atoms with Crippen LogP contribution in [0.3, 0.4) is 0 Å². The van der Waals surface area contributed by atoms with Crippen molar-refractivity contribution in [3.63, 3.8) is 0 Å². The molecule has 0 radical (unpaired) electrons. The highest BCUT2D eigenvalue weighted by Gasteiger charge is 2.05. The summed E-state index contributed by atoms with van der Waals surface area (Å²) in [6.45, 7) is 0. The summed E-state index contributed by atoms with van der Waals surface area (Å²) in [7, 11) is 0. The number of hydrogen-bond acceptors (Lipinski definition) is 4. The predicted molar refractivity (Wildman–Crippen MR) is 105 cm³/mol. The molecule has 3 aromatic carbocycles. The number of hydrazone groups is 1. The van der Waals surface area contributed by atoms with Gasteiger partial charge in [0, 0.05) is 11.6 Å². The van der Waals surface area contributed by atoms with Gasteiger partial charge in [-0.15, -0.1) is 0 Å². The molecule has 3 aromatic rings. The molecular weight excluding hydrogens is 324 g/mol. The number of rotatable bonds is 6. The van der Waals surface area contributed by atoms with Crippen molar-refractivity contribution in [2.75, 3.05) is 5.43 Å². The molecule has 4 heteroatoms. The summed E-state index contributed by atoms with van der Waals surface area (Å²) in [5, 5.41) is 4.19. The molecule has 4 nitrogen and oxygen atoms in total. The van der Waals surface area contributed by atoms with E-state index < -0.39 is 5.97 Å². The van der Waals surface area contributed by atoms with Crippen LogP contribution < -0.4 is 10.2 Å². The summed E-state index contributed by atoms with van der Waals surface area (Å²) >= 11 is 0. The monoisotopic (exact) mass is 342 g/mol. The number of nitrogens with one attached hydrogen (secondary N) is 1. The molecule has 0 amide bonds. The molecule has 0 aliphatic heterocycles. The van der Waals surface area contributed by atoms with Gasteiger partial charge in [-0.25, -0.2) is 4.79 Å². The van der Waals surface area contributed by atoms with Crippen LogP contribution in [-0.2, 0) is 4.79 Å². The van der Waals surface area contributed by atoms with Gasteiger partial charge in [0.15, 0.2) is 0 Å².